The molecule has 2 aromatic carbocycles. The lowest BCUT2D eigenvalue weighted by molar-refractivity contribution is -0.135. The number of nitrogens with zero attached hydrogens (tertiary/aromatic N) is 4. The van der Waals surface area contributed by atoms with Gasteiger partial charge in [0.15, 0.2) is 0 Å². The molecule has 1 fully saturated rings. The third-order valence-corrected chi connectivity index (χ3v) is 5.73. The second-order valence-corrected chi connectivity index (χ2v) is 8.45. The van der Waals surface area contributed by atoms with Crippen LogP contribution in [0, 0.1) is 18.7 Å². The van der Waals surface area contributed by atoms with Crippen LogP contribution in [0.2, 0.25) is 0 Å². The fourth-order valence-corrected chi connectivity index (χ4v) is 3.85. The second kappa shape index (κ2) is 8.94. The van der Waals surface area contributed by atoms with E-state index in [1.807, 2.05) is 49.9 Å². The molecule has 0 saturated carbocycles. The standard InChI is InChI=1S/C25H27FN4O2/c1-17(2)24(31)28-12-14-29(15-13-28)25(32)22-16-30(21-10-8-20(26)9-11-21)27-23(22)19-6-4-18(3)5-7-19/h4-11,16-17H,12-15H2,1-3H3. The van der Waals surface area contributed by atoms with Gasteiger partial charge in [-0.2, -0.15) is 5.10 Å². The first-order valence-corrected chi connectivity index (χ1v) is 10.8. The van der Waals surface area contributed by atoms with Crippen LogP contribution in [0.4, 0.5) is 4.39 Å². The van der Waals surface area contributed by atoms with Crippen molar-refractivity contribution in [2.45, 2.75) is 20.8 Å². The van der Waals surface area contributed by atoms with E-state index in [0.29, 0.717) is 43.1 Å². The van der Waals surface area contributed by atoms with Gasteiger partial charge in [0.05, 0.1) is 11.3 Å². The fraction of sp³-hybridized carbons (Fsp3) is 0.320. The van der Waals surface area contributed by atoms with Crippen molar-refractivity contribution in [2.24, 2.45) is 5.92 Å². The fourth-order valence-electron chi connectivity index (χ4n) is 3.85. The van der Waals surface area contributed by atoms with Crippen molar-refractivity contribution < 1.29 is 14.0 Å². The number of aryl methyl sites for hydroxylation is 1. The summed E-state index contributed by atoms with van der Waals surface area (Å²) in [6, 6.07) is 13.9. The number of halogens is 1. The van der Waals surface area contributed by atoms with E-state index < -0.39 is 0 Å². The van der Waals surface area contributed by atoms with Crippen molar-refractivity contribution in [3.05, 3.63) is 71.7 Å². The predicted octanol–water partition coefficient (Wildman–Crippen LogP) is 3.93. The lowest BCUT2D eigenvalue weighted by Crippen LogP contribution is -2.51. The highest BCUT2D eigenvalue weighted by Gasteiger charge is 2.28. The Morgan fingerprint density at radius 3 is 2.09 bits per heavy atom. The van der Waals surface area contributed by atoms with Gasteiger partial charge in [0, 0.05) is 43.9 Å². The molecule has 3 aromatic rings. The van der Waals surface area contributed by atoms with Gasteiger partial charge in [0.2, 0.25) is 5.91 Å². The van der Waals surface area contributed by atoms with Gasteiger partial charge in [0.1, 0.15) is 11.5 Å². The van der Waals surface area contributed by atoms with Gasteiger partial charge in [-0.3, -0.25) is 9.59 Å². The van der Waals surface area contributed by atoms with Crippen molar-refractivity contribution in [2.75, 3.05) is 26.2 Å². The second-order valence-electron chi connectivity index (χ2n) is 8.45. The number of benzene rings is 2. The van der Waals surface area contributed by atoms with Crippen LogP contribution in [-0.4, -0.2) is 57.6 Å². The molecular formula is C25H27FN4O2. The maximum absolute atomic E-state index is 13.5. The topological polar surface area (TPSA) is 58.4 Å². The van der Waals surface area contributed by atoms with Crippen LogP contribution in [0.15, 0.2) is 54.7 Å². The molecule has 0 spiro atoms. The van der Waals surface area contributed by atoms with Gasteiger partial charge in [-0.25, -0.2) is 9.07 Å². The number of carbonyl (C=O) groups excluding carboxylic acids is 2. The van der Waals surface area contributed by atoms with Crippen molar-refractivity contribution in [3.63, 3.8) is 0 Å². The number of carbonyl (C=O) groups is 2. The van der Waals surface area contributed by atoms with Gasteiger partial charge in [0.25, 0.3) is 5.91 Å². The van der Waals surface area contributed by atoms with Crippen LogP contribution in [0.5, 0.6) is 0 Å². The molecule has 7 heteroatoms. The Bertz CT molecular complexity index is 1110. The van der Waals surface area contributed by atoms with Crippen LogP contribution < -0.4 is 0 Å². The summed E-state index contributed by atoms with van der Waals surface area (Å²) >= 11 is 0. The largest absolute Gasteiger partial charge is 0.339 e. The SMILES string of the molecule is Cc1ccc(-c2nn(-c3ccc(F)cc3)cc2C(=O)N2CCN(C(=O)C(C)C)CC2)cc1. The van der Waals surface area contributed by atoms with Crippen LogP contribution in [0.25, 0.3) is 16.9 Å². The monoisotopic (exact) mass is 434 g/mol. The Morgan fingerprint density at radius 2 is 1.50 bits per heavy atom. The van der Waals surface area contributed by atoms with E-state index in [1.54, 1.807) is 27.9 Å². The van der Waals surface area contributed by atoms with Crippen LogP contribution in [0.1, 0.15) is 29.8 Å². The van der Waals surface area contributed by atoms with Crippen LogP contribution >= 0.6 is 0 Å². The zero-order chi connectivity index (χ0) is 22.8. The predicted molar refractivity (Wildman–Crippen MR) is 121 cm³/mol. The first-order valence-electron chi connectivity index (χ1n) is 10.8. The maximum atomic E-state index is 13.5. The highest BCUT2D eigenvalue weighted by molar-refractivity contribution is 6.00. The van der Waals surface area contributed by atoms with Gasteiger partial charge in [-0.15, -0.1) is 0 Å². The molecule has 0 unspecified atom stereocenters. The molecule has 0 N–H and O–H groups in total. The number of rotatable bonds is 4. The highest BCUT2D eigenvalue weighted by Crippen LogP contribution is 2.26. The minimum atomic E-state index is -0.329. The zero-order valence-corrected chi connectivity index (χ0v) is 18.6. The van der Waals surface area contributed by atoms with E-state index in [1.165, 1.54) is 12.1 Å². The Balaban J connectivity index is 1.64. The molecule has 6 nitrogen and oxygen atoms in total. The van der Waals surface area contributed by atoms with E-state index >= 15 is 0 Å². The van der Waals surface area contributed by atoms with E-state index in [2.05, 4.69) is 5.10 Å². The summed E-state index contributed by atoms with van der Waals surface area (Å²) in [6.07, 6.45) is 1.70. The summed E-state index contributed by atoms with van der Waals surface area (Å²) in [7, 11) is 0. The van der Waals surface area contributed by atoms with Crippen LogP contribution in [0.3, 0.4) is 0 Å². The average molecular weight is 435 g/mol. The molecule has 2 amide bonds. The molecule has 1 aliphatic rings. The van der Waals surface area contributed by atoms with E-state index in [0.717, 1.165) is 11.1 Å². The normalized spacial score (nSPS) is 14.2. The summed E-state index contributed by atoms with van der Waals surface area (Å²) in [5.41, 5.74) is 3.70. The van der Waals surface area contributed by atoms with Crippen molar-refractivity contribution in [1.29, 1.82) is 0 Å². The van der Waals surface area contributed by atoms with Crippen molar-refractivity contribution >= 4 is 11.8 Å². The maximum Gasteiger partial charge on any atom is 0.257 e. The van der Waals surface area contributed by atoms with Gasteiger partial charge in [-0.1, -0.05) is 43.7 Å². The summed E-state index contributed by atoms with van der Waals surface area (Å²) in [5, 5.41) is 4.67. The molecule has 0 bridgehead atoms. The summed E-state index contributed by atoms with van der Waals surface area (Å²) < 4.78 is 15.0. The van der Waals surface area contributed by atoms with E-state index in [9.17, 15) is 14.0 Å². The Labute approximate surface area is 187 Å². The molecule has 4 rings (SSSR count). The number of amides is 2. The number of aromatic nitrogens is 2. The number of hydrogen-bond donors (Lipinski definition) is 0. The van der Waals surface area contributed by atoms with Crippen LogP contribution in [-0.2, 0) is 4.79 Å². The zero-order valence-electron chi connectivity index (χ0n) is 18.6. The molecule has 0 aliphatic carbocycles. The Kier molecular flexibility index (Phi) is 6.08. The lowest BCUT2D eigenvalue weighted by Gasteiger charge is -2.35. The van der Waals surface area contributed by atoms with Gasteiger partial charge < -0.3 is 9.80 Å². The Hall–Kier alpha value is -3.48. The van der Waals surface area contributed by atoms with Crippen molar-refractivity contribution in [1.82, 2.24) is 19.6 Å². The Morgan fingerprint density at radius 1 is 0.906 bits per heavy atom. The third-order valence-electron chi connectivity index (χ3n) is 5.73. The molecule has 1 aromatic heterocycles. The number of hydrogen-bond acceptors (Lipinski definition) is 3. The molecule has 166 valence electrons. The molecule has 0 atom stereocenters. The first-order chi connectivity index (χ1) is 15.3. The summed E-state index contributed by atoms with van der Waals surface area (Å²) in [6.45, 7) is 7.78. The highest BCUT2D eigenvalue weighted by atomic mass is 19.1. The molecule has 1 saturated heterocycles. The molecule has 1 aliphatic heterocycles. The van der Waals surface area contributed by atoms with E-state index in [-0.39, 0.29) is 23.5 Å². The van der Waals surface area contributed by atoms with Gasteiger partial charge in [-0.05, 0) is 31.2 Å². The van der Waals surface area contributed by atoms with Gasteiger partial charge >= 0.3 is 0 Å². The third kappa shape index (κ3) is 4.42. The molecule has 2 heterocycles. The quantitative estimate of drug-likeness (QED) is 0.625. The van der Waals surface area contributed by atoms with E-state index in [4.69, 9.17) is 0 Å². The minimum Gasteiger partial charge on any atom is -0.339 e. The first kappa shape index (κ1) is 21.7. The average Bonchev–Trinajstić information content (AvgIpc) is 3.24. The number of piperazine rings is 1. The summed E-state index contributed by atoms with van der Waals surface area (Å²) in [4.78, 5) is 29.3. The van der Waals surface area contributed by atoms with Crippen molar-refractivity contribution in [3.8, 4) is 16.9 Å². The lowest BCUT2D eigenvalue weighted by atomic mass is 10.1. The molecule has 32 heavy (non-hydrogen) atoms. The molecular weight excluding hydrogens is 407 g/mol. The minimum absolute atomic E-state index is 0.0562. The smallest absolute Gasteiger partial charge is 0.257 e. The molecule has 0 radical (unpaired) electrons. The summed E-state index contributed by atoms with van der Waals surface area (Å²) in [5.74, 6) is -0.392.